The Balaban J connectivity index is 1.61. The number of aliphatic imine (C=N–C) groups is 1. The molecular weight excluding hydrogens is 402 g/mol. The molecule has 0 aliphatic carbocycles. The van der Waals surface area contributed by atoms with Gasteiger partial charge in [0, 0.05) is 55.7 Å². The number of hydrogen-bond donors (Lipinski definition) is 1. The molecule has 0 aliphatic heterocycles. The Hall–Kier alpha value is -3.87. The smallest absolute Gasteiger partial charge is 0.253 e. The lowest BCUT2D eigenvalue weighted by molar-refractivity contribution is 0.0956. The zero-order valence-electron chi connectivity index (χ0n) is 18.6. The highest BCUT2D eigenvalue weighted by molar-refractivity contribution is 5.94. The van der Waals surface area contributed by atoms with E-state index < -0.39 is 0 Å². The third-order valence-electron chi connectivity index (χ3n) is 4.65. The normalized spacial score (nSPS) is 11.2. The molecule has 0 radical (unpaired) electrons. The molecule has 0 atom stereocenters. The van der Waals surface area contributed by atoms with E-state index in [9.17, 15) is 9.59 Å². The predicted octanol–water partition coefficient (Wildman–Crippen LogP) is 3.39. The van der Waals surface area contributed by atoms with Crippen LogP contribution in [0.25, 0.3) is 0 Å². The number of rotatable bonds is 8. The lowest BCUT2D eigenvalue weighted by Gasteiger charge is -2.08. The molecule has 0 saturated heterocycles. The summed E-state index contributed by atoms with van der Waals surface area (Å²) < 4.78 is 1.61. The van der Waals surface area contributed by atoms with Crippen LogP contribution in [0.3, 0.4) is 0 Å². The zero-order valence-corrected chi connectivity index (χ0v) is 18.6. The molecule has 7 nitrogen and oxygen atoms in total. The van der Waals surface area contributed by atoms with E-state index in [1.807, 2.05) is 45.0 Å². The van der Waals surface area contributed by atoms with Crippen molar-refractivity contribution in [3.63, 3.8) is 0 Å². The van der Waals surface area contributed by atoms with Crippen LogP contribution in [-0.4, -0.2) is 32.7 Å². The van der Waals surface area contributed by atoms with E-state index in [2.05, 4.69) is 20.3 Å². The van der Waals surface area contributed by atoms with Gasteiger partial charge in [0.1, 0.15) is 0 Å². The van der Waals surface area contributed by atoms with Gasteiger partial charge in [-0.25, -0.2) is 0 Å². The van der Waals surface area contributed by atoms with Crippen LogP contribution in [0, 0.1) is 0 Å². The first-order chi connectivity index (χ1) is 15.4. The summed E-state index contributed by atoms with van der Waals surface area (Å²) >= 11 is 0. The number of amides is 1. The average molecular weight is 430 g/mol. The molecule has 3 aromatic rings. The Bertz CT molecular complexity index is 1190. The lowest BCUT2D eigenvalue weighted by Crippen LogP contribution is -2.25. The van der Waals surface area contributed by atoms with Gasteiger partial charge in [-0.15, -0.1) is 0 Å². The number of carbonyl (C=O) groups excluding carboxylic acids is 1. The Labute approximate surface area is 187 Å². The van der Waals surface area contributed by atoms with Crippen LogP contribution in [0.4, 0.5) is 0 Å². The van der Waals surface area contributed by atoms with Crippen LogP contribution >= 0.6 is 0 Å². The Morgan fingerprint density at radius 2 is 1.94 bits per heavy atom. The van der Waals surface area contributed by atoms with Crippen molar-refractivity contribution in [1.82, 2.24) is 19.9 Å². The van der Waals surface area contributed by atoms with Gasteiger partial charge in [0.15, 0.2) is 0 Å². The topological polar surface area (TPSA) is 89.2 Å². The van der Waals surface area contributed by atoms with E-state index in [-0.39, 0.29) is 11.5 Å². The second-order valence-corrected chi connectivity index (χ2v) is 7.82. The number of hydrogen-bond acceptors (Lipinski definition) is 5. The summed E-state index contributed by atoms with van der Waals surface area (Å²) in [5.41, 5.74) is 5.11. The van der Waals surface area contributed by atoms with Crippen LogP contribution in [0.5, 0.6) is 0 Å². The van der Waals surface area contributed by atoms with Crippen LogP contribution in [0.1, 0.15) is 48.0 Å². The van der Waals surface area contributed by atoms with Crippen molar-refractivity contribution in [2.24, 2.45) is 4.99 Å². The van der Waals surface area contributed by atoms with Crippen LogP contribution in [0.2, 0.25) is 0 Å². The molecule has 3 heterocycles. The monoisotopic (exact) mass is 429 g/mol. The Morgan fingerprint density at radius 3 is 2.66 bits per heavy atom. The SMILES string of the molecule is CC(C)=N/C=C(\C)CNC(=O)c1cncc(Cc2ccc(Cn3ccccc3=O)nc2)c1. The first kappa shape index (κ1) is 22.8. The van der Waals surface area contributed by atoms with Crippen LogP contribution in [0.15, 0.2) is 82.7 Å². The second-order valence-electron chi connectivity index (χ2n) is 7.82. The number of pyridine rings is 3. The van der Waals surface area contributed by atoms with Crippen molar-refractivity contribution >= 4 is 11.6 Å². The number of carbonyl (C=O) groups is 1. The fourth-order valence-corrected chi connectivity index (χ4v) is 2.97. The third kappa shape index (κ3) is 6.84. The van der Waals surface area contributed by atoms with E-state index in [4.69, 9.17) is 0 Å². The van der Waals surface area contributed by atoms with Crippen LogP contribution < -0.4 is 10.9 Å². The summed E-state index contributed by atoms with van der Waals surface area (Å²) in [6.45, 7) is 6.62. The maximum Gasteiger partial charge on any atom is 0.253 e. The largest absolute Gasteiger partial charge is 0.348 e. The molecule has 0 aliphatic rings. The molecular formula is C25H27N5O2. The Morgan fingerprint density at radius 1 is 1.09 bits per heavy atom. The maximum atomic E-state index is 12.5. The highest BCUT2D eigenvalue weighted by atomic mass is 16.1. The zero-order chi connectivity index (χ0) is 22.9. The van der Waals surface area contributed by atoms with Crippen molar-refractivity contribution < 1.29 is 4.79 Å². The highest BCUT2D eigenvalue weighted by Crippen LogP contribution is 2.11. The summed E-state index contributed by atoms with van der Waals surface area (Å²) in [6, 6.07) is 10.8. The summed E-state index contributed by atoms with van der Waals surface area (Å²) in [7, 11) is 0. The van der Waals surface area contributed by atoms with Crippen molar-refractivity contribution in [2.45, 2.75) is 33.7 Å². The molecule has 1 amide bonds. The second kappa shape index (κ2) is 10.9. The molecule has 0 bridgehead atoms. The van der Waals surface area contributed by atoms with E-state index in [0.717, 1.165) is 28.1 Å². The fraction of sp³-hybridized carbons (Fsp3) is 0.240. The summed E-state index contributed by atoms with van der Waals surface area (Å²) in [5, 5.41) is 2.89. The van der Waals surface area contributed by atoms with Gasteiger partial charge >= 0.3 is 0 Å². The minimum atomic E-state index is -0.175. The molecule has 7 heteroatoms. The van der Waals surface area contributed by atoms with Gasteiger partial charge in [0.05, 0.1) is 17.8 Å². The van der Waals surface area contributed by atoms with Gasteiger partial charge in [-0.05, 0) is 55.7 Å². The molecule has 0 saturated carbocycles. The molecule has 0 fully saturated rings. The Kier molecular flexibility index (Phi) is 7.80. The summed E-state index contributed by atoms with van der Waals surface area (Å²) in [4.78, 5) is 37.3. The van der Waals surface area contributed by atoms with Gasteiger partial charge in [0.25, 0.3) is 11.5 Å². The van der Waals surface area contributed by atoms with Crippen LogP contribution in [-0.2, 0) is 13.0 Å². The van der Waals surface area contributed by atoms with Crippen molar-refractivity contribution in [2.75, 3.05) is 6.54 Å². The minimum Gasteiger partial charge on any atom is -0.348 e. The lowest BCUT2D eigenvalue weighted by atomic mass is 10.1. The van der Waals surface area contributed by atoms with Gasteiger partial charge in [0.2, 0.25) is 0 Å². The third-order valence-corrected chi connectivity index (χ3v) is 4.65. The first-order valence-electron chi connectivity index (χ1n) is 10.4. The minimum absolute atomic E-state index is 0.0570. The van der Waals surface area contributed by atoms with Gasteiger partial charge in [-0.2, -0.15) is 0 Å². The number of nitrogens with one attached hydrogen (secondary N) is 1. The van der Waals surface area contributed by atoms with Crippen molar-refractivity contribution in [3.05, 3.63) is 106 Å². The van der Waals surface area contributed by atoms with Gasteiger partial charge in [-0.3, -0.25) is 24.5 Å². The number of aromatic nitrogens is 3. The molecule has 0 spiro atoms. The van der Waals surface area contributed by atoms with E-state index in [1.54, 1.807) is 41.6 Å². The maximum absolute atomic E-state index is 12.5. The predicted molar refractivity (Wildman–Crippen MR) is 126 cm³/mol. The molecule has 3 aromatic heterocycles. The van der Waals surface area contributed by atoms with Gasteiger partial charge in [-0.1, -0.05) is 12.1 Å². The van der Waals surface area contributed by atoms with E-state index in [1.165, 1.54) is 6.07 Å². The standard InChI is InChI=1S/C25H27N5O2/c1-18(2)27-12-19(3)13-29-25(32)22-11-21(14-26-16-22)10-20-7-8-23(28-15-20)17-30-9-5-4-6-24(30)31/h4-9,11-12,14-16H,10,13,17H2,1-3H3,(H,29,32)/b19-12+. The quantitative estimate of drug-likeness (QED) is 0.556. The molecule has 3 rings (SSSR count). The van der Waals surface area contributed by atoms with E-state index in [0.29, 0.717) is 25.1 Å². The van der Waals surface area contributed by atoms with Crippen molar-refractivity contribution in [1.29, 1.82) is 0 Å². The molecule has 32 heavy (non-hydrogen) atoms. The van der Waals surface area contributed by atoms with E-state index >= 15 is 0 Å². The summed E-state index contributed by atoms with van der Waals surface area (Å²) in [6.07, 6.45) is 9.21. The molecule has 0 unspecified atom stereocenters. The highest BCUT2D eigenvalue weighted by Gasteiger charge is 2.08. The van der Waals surface area contributed by atoms with Gasteiger partial charge < -0.3 is 9.88 Å². The van der Waals surface area contributed by atoms with Crippen molar-refractivity contribution in [3.8, 4) is 0 Å². The molecule has 164 valence electrons. The molecule has 1 N–H and O–H groups in total. The summed E-state index contributed by atoms with van der Waals surface area (Å²) in [5.74, 6) is -0.175. The first-order valence-corrected chi connectivity index (χ1v) is 10.4. The molecule has 0 aromatic carbocycles. The fourth-order valence-electron chi connectivity index (χ4n) is 2.97. The average Bonchev–Trinajstić information content (AvgIpc) is 2.79. The number of nitrogens with zero attached hydrogens (tertiary/aromatic N) is 4.